The Balaban J connectivity index is 0.000000860. The van der Waals surface area contributed by atoms with Crippen LogP contribution < -0.4 is 0 Å². The number of benzene rings is 2. The van der Waals surface area contributed by atoms with E-state index in [4.69, 9.17) is 0 Å². The Hall–Kier alpha value is -3.12. The lowest BCUT2D eigenvalue weighted by atomic mass is 9.80. The molecule has 1 unspecified atom stereocenters. The van der Waals surface area contributed by atoms with E-state index in [2.05, 4.69) is 113 Å². The van der Waals surface area contributed by atoms with Crippen LogP contribution in [0.3, 0.4) is 0 Å². The number of rotatable bonds is 3. The van der Waals surface area contributed by atoms with Crippen LogP contribution in [-0.4, -0.2) is 0 Å². The molecule has 0 saturated carbocycles. The van der Waals surface area contributed by atoms with Crippen molar-refractivity contribution in [3.63, 3.8) is 0 Å². The molecule has 0 amide bonds. The zero-order valence-corrected chi connectivity index (χ0v) is 20.5. The lowest BCUT2D eigenvalue weighted by molar-refractivity contribution is 0.915. The monoisotopic (exact) mass is 422 g/mol. The number of fused-ring (bicyclic) bond motifs is 2. The number of hydrogen-bond acceptors (Lipinski definition) is 0. The van der Waals surface area contributed by atoms with E-state index in [1.54, 1.807) is 0 Å². The molecule has 2 aromatic rings. The van der Waals surface area contributed by atoms with Gasteiger partial charge in [0.1, 0.15) is 0 Å². The van der Waals surface area contributed by atoms with E-state index >= 15 is 0 Å². The molecule has 0 saturated heterocycles. The van der Waals surface area contributed by atoms with Gasteiger partial charge in [-0.05, 0) is 70.9 Å². The molecule has 0 aromatic heterocycles. The summed E-state index contributed by atoms with van der Waals surface area (Å²) in [6.45, 7) is 21.0. The van der Waals surface area contributed by atoms with Crippen molar-refractivity contribution in [3.05, 3.63) is 132 Å². The second-order valence-corrected chi connectivity index (χ2v) is 7.93. The summed E-state index contributed by atoms with van der Waals surface area (Å²) in [5.41, 5.74) is 9.35. The van der Waals surface area contributed by atoms with Gasteiger partial charge in [0.25, 0.3) is 0 Å². The first-order chi connectivity index (χ1) is 15.6. The molecule has 2 aliphatic rings. The van der Waals surface area contributed by atoms with Crippen LogP contribution in [0, 0.1) is 6.92 Å². The molecule has 2 aliphatic carbocycles. The van der Waals surface area contributed by atoms with Crippen molar-refractivity contribution in [2.45, 2.75) is 53.4 Å². The van der Waals surface area contributed by atoms with Crippen LogP contribution in [0.2, 0.25) is 0 Å². The van der Waals surface area contributed by atoms with Crippen LogP contribution in [0.5, 0.6) is 0 Å². The number of hydrogen-bond donors (Lipinski definition) is 0. The molecule has 2 aromatic carbocycles. The summed E-state index contributed by atoms with van der Waals surface area (Å²) < 4.78 is 0. The van der Waals surface area contributed by atoms with Gasteiger partial charge in [-0.25, -0.2) is 0 Å². The van der Waals surface area contributed by atoms with Crippen molar-refractivity contribution in [1.29, 1.82) is 0 Å². The van der Waals surface area contributed by atoms with Gasteiger partial charge >= 0.3 is 0 Å². The molecule has 0 N–H and O–H groups in total. The lowest BCUT2D eigenvalue weighted by Crippen LogP contribution is -2.05. The third-order valence-electron chi connectivity index (χ3n) is 5.95. The maximum atomic E-state index is 4.29. The van der Waals surface area contributed by atoms with Gasteiger partial charge in [0.15, 0.2) is 0 Å². The van der Waals surface area contributed by atoms with Gasteiger partial charge in [-0.2, -0.15) is 0 Å². The molecule has 0 spiro atoms. The van der Waals surface area contributed by atoms with Crippen LogP contribution >= 0.6 is 0 Å². The average Bonchev–Trinajstić information content (AvgIpc) is 3.16. The van der Waals surface area contributed by atoms with Crippen molar-refractivity contribution in [1.82, 2.24) is 0 Å². The van der Waals surface area contributed by atoms with Crippen molar-refractivity contribution < 1.29 is 0 Å². The minimum absolute atomic E-state index is 0.304. The minimum Gasteiger partial charge on any atom is -0.106 e. The van der Waals surface area contributed by atoms with Crippen molar-refractivity contribution >= 4 is 10.8 Å². The fraction of sp³-hybridized carbons (Fsp3) is 0.250. The Morgan fingerprint density at radius 2 is 1.69 bits per heavy atom. The second kappa shape index (κ2) is 12.1. The molecule has 0 radical (unpaired) electrons. The van der Waals surface area contributed by atoms with Crippen LogP contribution in [0.4, 0.5) is 0 Å². The highest BCUT2D eigenvalue weighted by Crippen LogP contribution is 2.41. The molecule has 0 heteroatoms. The molecule has 32 heavy (non-hydrogen) atoms. The molecular weight excluding hydrogens is 384 g/mol. The van der Waals surface area contributed by atoms with E-state index in [1.807, 2.05) is 13.8 Å². The standard InChI is InChI=1S/C28H28.C2H6.C2H4/c1-19(2)24-16-7-5-12-23-13-6-8-17-26(28(23)24)21(4)25-18-10-15-22-14-9-11-20(3)27(22)25;2*1-2/h5,7-11,13-18,21H,1,6,12H2,2-4H3;1-2H3;1-2H2. The number of allylic oxidation sites excluding steroid dienone is 11. The summed E-state index contributed by atoms with van der Waals surface area (Å²) in [4.78, 5) is 0. The minimum atomic E-state index is 0.304. The molecule has 4 rings (SSSR count). The SMILES string of the molecule is C=C.C=C(C)C1=CC=CCC2=CCC=CC(C(C)c3cccc4cccc(C)c34)=C21.CC. The van der Waals surface area contributed by atoms with Crippen LogP contribution in [0.25, 0.3) is 10.8 Å². The van der Waals surface area contributed by atoms with Gasteiger partial charge in [-0.1, -0.05) is 106 Å². The van der Waals surface area contributed by atoms with Gasteiger partial charge in [-0.3, -0.25) is 0 Å². The number of aryl methyl sites for hydroxylation is 1. The predicted octanol–water partition coefficient (Wildman–Crippen LogP) is 9.73. The molecule has 1 atom stereocenters. The van der Waals surface area contributed by atoms with Gasteiger partial charge < -0.3 is 0 Å². The van der Waals surface area contributed by atoms with E-state index in [-0.39, 0.29) is 0 Å². The summed E-state index contributed by atoms with van der Waals surface area (Å²) in [5.74, 6) is 0.304. The Labute approximate surface area is 195 Å². The van der Waals surface area contributed by atoms with Crippen LogP contribution in [0.15, 0.2) is 120 Å². The highest BCUT2D eigenvalue weighted by Gasteiger charge is 2.23. The molecule has 166 valence electrons. The Morgan fingerprint density at radius 1 is 1.00 bits per heavy atom. The molecule has 0 nitrogen and oxygen atoms in total. The average molecular weight is 423 g/mol. The van der Waals surface area contributed by atoms with E-state index in [0.717, 1.165) is 18.4 Å². The second-order valence-electron chi connectivity index (χ2n) is 7.93. The summed E-state index contributed by atoms with van der Waals surface area (Å²) in [7, 11) is 0. The Bertz CT molecular complexity index is 1110. The van der Waals surface area contributed by atoms with Gasteiger partial charge in [-0.15, -0.1) is 13.2 Å². The Morgan fingerprint density at radius 3 is 2.38 bits per heavy atom. The first kappa shape index (κ1) is 25.1. The van der Waals surface area contributed by atoms with Gasteiger partial charge in [0, 0.05) is 5.92 Å². The fourth-order valence-electron chi connectivity index (χ4n) is 4.54. The normalized spacial score (nSPS) is 15.7. The highest BCUT2D eigenvalue weighted by atomic mass is 14.3. The van der Waals surface area contributed by atoms with Crippen LogP contribution in [-0.2, 0) is 0 Å². The Kier molecular flexibility index (Phi) is 9.47. The molecular formula is C32H38. The fourth-order valence-corrected chi connectivity index (χ4v) is 4.54. The topological polar surface area (TPSA) is 0 Å². The quantitative estimate of drug-likeness (QED) is 0.432. The molecule has 0 heterocycles. The predicted molar refractivity (Wildman–Crippen MR) is 145 cm³/mol. The summed E-state index contributed by atoms with van der Waals surface area (Å²) in [5, 5.41) is 2.71. The largest absolute Gasteiger partial charge is 0.106 e. The molecule has 0 bridgehead atoms. The zero-order chi connectivity index (χ0) is 23.7. The van der Waals surface area contributed by atoms with E-state index in [1.165, 1.54) is 44.2 Å². The summed E-state index contributed by atoms with van der Waals surface area (Å²) in [6, 6.07) is 13.3. The van der Waals surface area contributed by atoms with Crippen molar-refractivity contribution in [2.24, 2.45) is 0 Å². The lowest BCUT2D eigenvalue weighted by Gasteiger charge is -2.23. The third kappa shape index (κ3) is 5.19. The zero-order valence-electron chi connectivity index (χ0n) is 20.5. The molecule has 0 fully saturated rings. The first-order valence-corrected chi connectivity index (χ1v) is 11.7. The maximum Gasteiger partial charge on any atom is 0.00733 e. The van der Waals surface area contributed by atoms with E-state index in [0.29, 0.717) is 5.92 Å². The summed E-state index contributed by atoms with van der Waals surface area (Å²) >= 11 is 0. The van der Waals surface area contributed by atoms with Crippen LogP contribution in [0.1, 0.15) is 57.6 Å². The van der Waals surface area contributed by atoms with Crippen molar-refractivity contribution in [2.75, 3.05) is 0 Å². The summed E-state index contributed by atoms with van der Waals surface area (Å²) in [6.07, 6.45) is 15.7. The highest BCUT2D eigenvalue weighted by molar-refractivity contribution is 5.89. The molecule has 0 aliphatic heterocycles. The third-order valence-corrected chi connectivity index (χ3v) is 5.95. The smallest absolute Gasteiger partial charge is 0.00733 e. The van der Waals surface area contributed by atoms with E-state index < -0.39 is 0 Å². The van der Waals surface area contributed by atoms with Gasteiger partial charge in [0.2, 0.25) is 0 Å². The maximum absolute atomic E-state index is 4.29. The van der Waals surface area contributed by atoms with Gasteiger partial charge in [0.05, 0.1) is 0 Å². The first-order valence-electron chi connectivity index (χ1n) is 11.7. The van der Waals surface area contributed by atoms with E-state index in [9.17, 15) is 0 Å². The van der Waals surface area contributed by atoms with Crippen molar-refractivity contribution in [3.8, 4) is 0 Å².